The molecule has 0 saturated carbocycles. The molecular formula is C17H34N2. The van der Waals surface area contributed by atoms with E-state index in [4.69, 9.17) is 4.99 Å². The highest BCUT2D eigenvalue weighted by Crippen LogP contribution is 2.14. The van der Waals surface area contributed by atoms with Gasteiger partial charge in [0.1, 0.15) is 0 Å². The molecule has 0 aromatic rings. The Morgan fingerprint density at radius 2 is 1.58 bits per heavy atom. The zero-order chi connectivity index (χ0) is 13.9. The fourth-order valence-corrected chi connectivity index (χ4v) is 2.65. The molecular weight excluding hydrogens is 232 g/mol. The van der Waals surface area contributed by atoms with Crippen LogP contribution in [0.3, 0.4) is 0 Å². The van der Waals surface area contributed by atoms with Crippen LogP contribution in [-0.4, -0.2) is 18.4 Å². The SMILES string of the molecule is CCCCCCCCCCCC1=NC(C(C)C)CN1. The summed E-state index contributed by atoms with van der Waals surface area (Å²) in [4.78, 5) is 4.76. The standard InChI is InChI=1S/C17H34N2/c1-4-5-6-7-8-9-10-11-12-13-17-18-14-16(19-17)15(2)3/h15-16H,4-14H2,1-3H3,(H,18,19). The molecule has 1 unspecified atom stereocenters. The number of hydrogen-bond acceptors (Lipinski definition) is 2. The topological polar surface area (TPSA) is 24.4 Å². The molecule has 2 heteroatoms. The molecule has 1 N–H and O–H groups in total. The Morgan fingerprint density at radius 3 is 2.11 bits per heavy atom. The van der Waals surface area contributed by atoms with Gasteiger partial charge in [-0.1, -0.05) is 72.1 Å². The van der Waals surface area contributed by atoms with Gasteiger partial charge in [0, 0.05) is 13.0 Å². The lowest BCUT2D eigenvalue weighted by atomic mass is 10.1. The van der Waals surface area contributed by atoms with Gasteiger partial charge < -0.3 is 5.32 Å². The summed E-state index contributed by atoms with van der Waals surface area (Å²) >= 11 is 0. The van der Waals surface area contributed by atoms with Crippen LogP contribution in [0.15, 0.2) is 4.99 Å². The molecule has 112 valence electrons. The number of hydrogen-bond donors (Lipinski definition) is 1. The molecule has 0 amide bonds. The van der Waals surface area contributed by atoms with Crippen LogP contribution in [0.25, 0.3) is 0 Å². The van der Waals surface area contributed by atoms with Gasteiger partial charge in [-0.05, 0) is 12.3 Å². The second kappa shape index (κ2) is 10.3. The number of rotatable bonds is 11. The third kappa shape index (κ3) is 7.59. The van der Waals surface area contributed by atoms with Gasteiger partial charge in [-0.3, -0.25) is 4.99 Å². The van der Waals surface area contributed by atoms with E-state index in [2.05, 4.69) is 26.1 Å². The lowest BCUT2D eigenvalue weighted by molar-refractivity contribution is 0.512. The normalized spacial score (nSPS) is 18.7. The molecule has 1 heterocycles. The van der Waals surface area contributed by atoms with Crippen molar-refractivity contribution in [2.24, 2.45) is 10.9 Å². The van der Waals surface area contributed by atoms with Gasteiger partial charge in [0.25, 0.3) is 0 Å². The summed E-state index contributed by atoms with van der Waals surface area (Å²) in [5.41, 5.74) is 0. The molecule has 1 rings (SSSR count). The minimum atomic E-state index is 0.522. The number of amidine groups is 1. The van der Waals surface area contributed by atoms with Crippen molar-refractivity contribution in [3.8, 4) is 0 Å². The summed E-state index contributed by atoms with van der Waals surface area (Å²) in [6, 6.07) is 0.522. The van der Waals surface area contributed by atoms with Gasteiger partial charge in [0.2, 0.25) is 0 Å². The van der Waals surface area contributed by atoms with Gasteiger partial charge in [-0.2, -0.15) is 0 Å². The summed E-state index contributed by atoms with van der Waals surface area (Å²) in [6.07, 6.45) is 13.8. The molecule has 0 bridgehead atoms. The van der Waals surface area contributed by atoms with E-state index in [9.17, 15) is 0 Å². The van der Waals surface area contributed by atoms with E-state index in [1.165, 1.54) is 70.0 Å². The van der Waals surface area contributed by atoms with Crippen molar-refractivity contribution in [2.75, 3.05) is 6.54 Å². The molecule has 0 spiro atoms. The molecule has 1 aliphatic heterocycles. The predicted octanol–water partition coefficient (Wildman–Crippen LogP) is 4.93. The fourth-order valence-electron chi connectivity index (χ4n) is 2.65. The Labute approximate surface area is 120 Å². The molecule has 1 atom stereocenters. The van der Waals surface area contributed by atoms with E-state index in [0.29, 0.717) is 12.0 Å². The summed E-state index contributed by atoms with van der Waals surface area (Å²) in [5, 5.41) is 3.46. The van der Waals surface area contributed by atoms with E-state index in [-0.39, 0.29) is 0 Å². The first-order valence-electron chi connectivity index (χ1n) is 8.54. The van der Waals surface area contributed by atoms with E-state index in [1.54, 1.807) is 0 Å². The van der Waals surface area contributed by atoms with Crippen molar-refractivity contribution in [2.45, 2.75) is 91.0 Å². The molecule has 0 aliphatic carbocycles. The summed E-state index contributed by atoms with van der Waals surface area (Å²) in [5.74, 6) is 1.94. The number of nitrogens with one attached hydrogen (secondary N) is 1. The largest absolute Gasteiger partial charge is 0.372 e. The quantitative estimate of drug-likeness (QED) is 0.527. The van der Waals surface area contributed by atoms with Crippen LogP contribution in [-0.2, 0) is 0 Å². The van der Waals surface area contributed by atoms with Crippen molar-refractivity contribution < 1.29 is 0 Å². The highest BCUT2D eigenvalue weighted by molar-refractivity contribution is 5.83. The first-order chi connectivity index (χ1) is 9.24. The Kier molecular flexibility index (Phi) is 8.94. The number of aliphatic imine (C=N–C) groups is 1. The Hall–Kier alpha value is -0.530. The van der Waals surface area contributed by atoms with E-state index >= 15 is 0 Å². The highest BCUT2D eigenvalue weighted by Gasteiger charge is 2.18. The van der Waals surface area contributed by atoms with Crippen molar-refractivity contribution >= 4 is 5.84 Å². The number of nitrogens with zero attached hydrogens (tertiary/aromatic N) is 1. The van der Waals surface area contributed by atoms with E-state index in [0.717, 1.165) is 6.54 Å². The third-order valence-electron chi connectivity index (χ3n) is 4.12. The molecule has 2 nitrogen and oxygen atoms in total. The van der Waals surface area contributed by atoms with Crippen LogP contribution >= 0.6 is 0 Å². The molecule has 0 aromatic carbocycles. The lowest BCUT2D eigenvalue weighted by Gasteiger charge is -2.08. The van der Waals surface area contributed by atoms with E-state index < -0.39 is 0 Å². The first kappa shape index (κ1) is 16.5. The van der Waals surface area contributed by atoms with Crippen LogP contribution in [0, 0.1) is 5.92 Å². The maximum absolute atomic E-state index is 4.76. The second-order valence-electron chi connectivity index (χ2n) is 6.35. The van der Waals surface area contributed by atoms with Crippen molar-refractivity contribution in [1.29, 1.82) is 0 Å². The minimum Gasteiger partial charge on any atom is -0.372 e. The Bertz CT molecular complexity index is 246. The van der Waals surface area contributed by atoms with E-state index in [1.807, 2.05) is 0 Å². The monoisotopic (exact) mass is 266 g/mol. The van der Waals surface area contributed by atoms with Crippen molar-refractivity contribution in [1.82, 2.24) is 5.32 Å². The van der Waals surface area contributed by atoms with Gasteiger partial charge in [-0.25, -0.2) is 0 Å². The maximum Gasteiger partial charge on any atom is 0.0968 e. The zero-order valence-corrected chi connectivity index (χ0v) is 13.4. The smallest absolute Gasteiger partial charge is 0.0968 e. The minimum absolute atomic E-state index is 0.522. The van der Waals surface area contributed by atoms with Crippen LogP contribution in [0.5, 0.6) is 0 Å². The Balaban J connectivity index is 1.90. The molecule has 0 saturated heterocycles. The first-order valence-corrected chi connectivity index (χ1v) is 8.54. The molecule has 0 fully saturated rings. The summed E-state index contributed by atoms with van der Waals surface area (Å²) in [6.45, 7) is 7.86. The average Bonchev–Trinajstić information content (AvgIpc) is 2.86. The lowest BCUT2D eigenvalue weighted by Crippen LogP contribution is -2.23. The molecule has 0 radical (unpaired) electrons. The highest BCUT2D eigenvalue weighted by atomic mass is 15.1. The fraction of sp³-hybridized carbons (Fsp3) is 0.941. The van der Waals surface area contributed by atoms with Gasteiger partial charge in [-0.15, -0.1) is 0 Å². The van der Waals surface area contributed by atoms with Gasteiger partial charge in [0.15, 0.2) is 0 Å². The van der Waals surface area contributed by atoms with Crippen LogP contribution in [0.1, 0.15) is 85.0 Å². The molecule has 0 aromatic heterocycles. The second-order valence-corrected chi connectivity index (χ2v) is 6.35. The molecule has 19 heavy (non-hydrogen) atoms. The van der Waals surface area contributed by atoms with Crippen molar-refractivity contribution in [3.05, 3.63) is 0 Å². The van der Waals surface area contributed by atoms with Gasteiger partial charge in [0.05, 0.1) is 11.9 Å². The molecule has 1 aliphatic rings. The van der Waals surface area contributed by atoms with Gasteiger partial charge >= 0.3 is 0 Å². The third-order valence-corrected chi connectivity index (χ3v) is 4.12. The zero-order valence-electron chi connectivity index (χ0n) is 13.4. The average molecular weight is 266 g/mol. The predicted molar refractivity (Wildman–Crippen MR) is 85.9 cm³/mol. The number of unbranched alkanes of at least 4 members (excludes halogenated alkanes) is 8. The summed E-state index contributed by atoms with van der Waals surface area (Å²) < 4.78 is 0. The van der Waals surface area contributed by atoms with Crippen LogP contribution in [0.2, 0.25) is 0 Å². The Morgan fingerprint density at radius 1 is 1.00 bits per heavy atom. The van der Waals surface area contributed by atoms with Crippen LogP contribution < -0.4 is 5.32 Å². The van der Waals surface area contributed by atoms with Crippen LogP contribution in [0.4, 0.5) is 0 Å². The summed E-state index contributed by atoms with van der Waals surface area (Å²) in [7, 11) is 0. The maximum atomic E-state index is 4.76. The van der Waals surface area contributed by atoms with Crippen molar-refractivity contribution in [3.63, 3.8) is 0 Å².